The third kappa shape index (κ3) is 3.27. The lowest BCUT2D eigenvalue weighted by Gasteiger charge is -2.34. The van der Waals surface area contributed by atoms with E-state index in [9.17, 15) is 18.4 Å². The fraction of sp³-hybridized carbons (Fsp3) is 0.385. The van der Waals surface area contributed by atoms with Crippen molar-refractivity contribution in [3.8, 4) is 0 Å². The monoisotopic (exact) mass is 301 g/mol. The van der Waals surface area contributed by atoms with Gasteiger partial charge in [0.05, 0.1) is 12.5 Å². The Morgan fingerprint density at radius 3 is 2.75 bits per heavy atom. The second-order valence-electron chi connectivity index (χ2n) is 4.45. The molecule has 20 heavy (non-hydrogen) atoms. The molecular weight excluding hydrogens is 288 g/mol. The molecule has 1 aliphatic rings. The van der Waals surface area contributed by atoms with E-state index in [1.165, 1.54) is 11.0 Å². The molecule has 1 atom stereocenters. The molecule has 1 fully saturated rings. The second-order valence-corrected chi connectivity index (χ2v) is 5.60. The van der Waals surface area contributed by atoms with Crippen LogP contribution in [0, 0.1) is 11.6 Å². The molecule has 1 N–H and O–H groups in total. The minimum absolute atomic E-state index is 0.0335. The van der Waals surface area contributed by atoms with E-state index in [2.05, 4.69) is 0 Å². The van der Waals surface area contributed by atoms with Gasteiger partial charge in [0.1, 0.15) is 0 Å². The molecular formula is C13H13F2NO3S. The van der Waals surface area contributed by atoms with Crippen molar-refractivity contribution in [2.45, 2.75) is 12.5 Å². The van der Waals surface area contributed by atoms with Gasteiger partial charge in [0.25, 0.3) is 5.91 Å². The maximum Gasteiger partial charge on any atom is 0.305 e. The molecule has 1 heterocycles. The van der Waals surface area contributed by atoms with E-state index in [0.29, 0.717) is 18.1 Å². The topological polar surface area (TPSA) is 57.6 Å². The zero-order valence-electron chi connectivity index (χ0n) is 10.5. The molecule has 1 unspecified atom stereocenters. The van der Waals surface area contributed by atoms with Gasteiger partial charge >= 0.3 is 5.97 Å². The molecule has 0 radical (unpaired) electrons. The van der Waals surface area contributed by atoms with E-state index in [0.717, 1.165) is 12.1 Å². The van der Waals surface area contributed by atoms with E-state index >= 15 is 0 Å². The van der Waals surface area contributed by atoms with Crippen molar-refractivity contribution in [2.24, 2.45) is 0 Å². The Labute approximate surface area is 118 Å². The van der Waals surface area contributed by atoms with Crippen LogP contribution in [0.15, 0.2) is 18.2 Å². The Hall–Kier alpha value is -1.63. The fourth-order valence-electron chi connectivity index (χ4n) is 2.09. The molecule has 1 aromatic carbocycles. The summed E-state index contributed by atoms with van der Waals surface area (Å²) in [7, 11) is 0. The zero-order valence-corrected chi connectivity index (χ0v) is 11.3. The van der Waals surface area contributed by atoms with E-state index in [-0.39, 0.29) is 12.0 Å². The van der Waals surface area contributed by atoms with Crippen molar-refractivity contribution in [1.82, 2.24) is 4.90 Å². The summed E-state index contributed by atoms with van der Waals surface area (Å²) in [5.41, 5.74) is 0.0335. The summed E-state index contributed by atoms with van der Waals surface area (Å²) < 4.78 is 26.0. The summed E-state index contributed by atoms with van der Waals surface area (Å²) in [6.45, 7) is 0.403. The van der Waals surface area contributed by atoms with Crippen LogP contribution >= 0.6 is 11.8 Å². The van der Waals surface area contributed by atoms with Crippen molar-refractivity contribution in [3.05, 3.63) is 35.4 Å². The molecule has 0 saturated carbocycles. The third-order valence-electron chi connectivity index (χ3n) is 3.07. The number of amides is 1. The van der Waals surface area contributed by atoms with Crippen LogP contribution in [-0.2, 0) is 4.79 Å². The number of halogens is 2. The summed E-state index contributed by atoms with van der Waals surface area (Å²) in [5.74, 6) is -2.32. The first-order valence-corrected chi connectivity index (χ1v) is 7.20. The van der Waals surface area contributed by atoms with Gasteiger partial charge in [0, 0.05) is 23.6 Å². The molecule has 0 spiro atoms. The first kappa shape index (κ1) is 14.8. The second kappa shape index (κ2) is 6.21. The molecule has 0 bridgehead atoms. The minimum atomic E-state index is -1.09. The predicted octanol–water partition coefficient (Wildman–Crippen LogP) is 2.00. The molecule has 0 aromatic heterocycles. The molecule has 2 rings (SSSR count). The van der Waals surface area contributed by atoms with Crippen LogP contribution in [0.3, 0.4) is 0 Å². The van der Waals surface area contributed by atoms with Crippen LogP contribution in [-0.4, -0.2) is 46.0 Å². The Balaban J connectivity index is 2.20. The zero-order chi connectivity index (χ0) is 14.7. The lowest BCUT2D eigenvalue weighted by atomic mass is 10.1. The van der Waals surface area contributed by atoms with Crippen molar-refractivity contribution < 1.29 is 23.5 Å². The normalized spacial score (nSPS) is 18.9. The number of hydrogen-bond donors (Lipinski definition) is 1. The standard InChI is InChI=1S/C13H13F2NO3S/c14-10-2-1-8(5-11(10)15)13(19)16-3-4-20-7-9(16)6-12(17)18/h1-2,5,9H,3-4,6-7H2,(H,17,18). The largest absolute Gasteiger partial charge is 0.481 e. The van der Waals surface area contributed by atoms with Crippen LogP contribution < -0.4 is 0 Å². The number of carbonyl (C=O) groups is 2. The van der Waals surface area contributed by atoms with Crippen LogP contribution in [0.2, 0.25) is 0 Å². The number of carboxylic acid groups (broad SMARTS) is 1. The van der Waals surface area contributed by atoms with Crippen molar-refractivity contribution in [1.29, 1.82) is 0 Å². The van der Waals surface area contributed by atoms with E-state index < -0.39 is 29.6 Å². The van der Waals surface area contributed by atoms with Crippen LogP contribution in [0.4, 0.5) is 8.78 Å². The molecule has 108 valence electrons. The van der Waals surface area contributed by atoms with Gasteiger partial charge in [0.15, 0.2) is 11.6 Å². The van der Waals surface area contributed by atoms with E-state index in [1.807, 2.05) is 0 Å². The van der Waals surface area contributed by atoms with Crippen LogP contribution in [0.25, 0.3) is 0 Å². The molecule has 0 aliphatic carbocycles. The highest BCUT2D eigenvalue weighted by Gasteiger charge is 2.29. The first-order chi connectivity index (χ1) is 9.49. The number of carbonyl (C=O) groups excluding carboxylic acids is 1. The van der Waals surface area contributed by atoms with E-state index in [4.69, 9.17) is 5.11 Å². The lowest BCUT2D eigenvalue weighted by molar-refractivity contribution is -0.138. The van der Waals surface area contributed by atoms with Gasteiger partial charge in [-0.2, -0.15) is 11.8 Å². The van der Waals surface area contributed by atoms with Gasteiger partial charge in [-0.3, -0.25) is 9.59 Å². The molecule has 1 aromatic rings. The Morgan fingerprint density at radius 1 is 1.35 bits per heavy atom. The number of aliphatic carboxylic acids is 1. The lowest BCUT2D eigenvalue weighted by Crippen LogP contribution is -2.47. The molecule has 1 aliphatic heterocycles. The minimum Gasteiger partial charge on any atom is -0.481 e. The highest BCUT2D eigenvalue weighted by atomic mass is 32.2. The quantitative estimate of drug-likeness (QED) is 0.927. The number of hydrogen-bond acceptors (Lipinski definition) is 3. The highest BCUT2D eigenvalue weighted by Crippen LogP contribution is 2.22. The Bertz CT molecular complexity index is 538. The number of nitrogens with zero attached hydrogens (tertiary/aromatic N) is 1. The average Bonchev–Trinajstić information content (AvgIpc) is 2.41. The summed E-state index contributed by atoms with van der Waals surface area (Å²) >= 11 is 1.58. The smallest absolute Gasteiger partial charge is 0.305 e. The molecule has 7 heteroatoms. The summed E-state index contributed by atoms with van der Waals surface area (Å²) in [5, 5.41) is 8.86. The molecule has 1 amide bonds. The summed E-state index contributed by atoms with van der Waals surface area (Å²) in [6.07, 6.45) is -0.150. The fourth-order valence-corrected chi connectivity index (χ4v) is 3.15. The highest BCUT2D eigenvalue weighted by molar-refractivity contribution is 7.99. The summed E-state index contributed by atoms with van der Waals surface area (Å²) in [6, 6.07) is 2.53. The van der Waals surface area contributed by atoms with Crippen LogP contribution in [0.1, 0.15) is 16.8 Å². The number of rotatable bonds is 3. The third-order valence-corrected chi connectivity index (χ3v) is 4.16. The predicted molar refractivity (Wildman–Crippen MR) is 70.8 cm³/mol. The summed E-state index contributed by atoms with van der Waals surface area (Å²) in [4.78, 5) is 24.5. The van der Waals surface area contributed by atoms with Gasteiger partial charge in [-0.1, -0.05) is 0 Å². The Kier molecular flexibility index (Phi) is 4.59. The maximum absolute atomic E-state index is 13.2. The van der Waals surface area contributed by atoms with Gasteiger partial charge in [-0.15, -0.1) is 0 Å². The number of benzene rings is 1. The maximum atomic E-state index is 13.2. The average molecular weight is 301 g/mol. The SMILES string of the molecule is O=C(O)CC1CSCCN1C(=O)c1ccc(F)c(F)c1. The van der Waals surface area contributed by atoms with Gasteiger partial charge < -0.3 is 10.0 Å². The van der Waals surface area contributed by atoms with Crippen molar-refractivity contribution in [3.63, 3.8) is 0 Å². The first-order valence-electron chi connectivity index (χ1n) is 6.04. The van der Waals surface area contributed by atoms with Gasteiger partial charge in [0.2, 0.25) is 0 Å². The van der Waals surface area contributed by atoms with Crippen molar-refractivity contribution in [2.75, 3.05) is 18.1 Å². The van der Waals surface area contributed by atoms with E-state index in [1.54, 1.807) is 11.8 Å². The Morgan fingerprint density at radius 2 is 2.10 bits per heavy atom. The van der Waals surface area contributed by atoms with Crippen LogP contribution in [0.5, 0.6) is 0 Å². The van der Waals surface area contributed by atoms with Crippen molar-refractivity contribution >= 4 is 23.6 Å². The van der Waals surface area contributed by atoms with Gasteiger partial charge in [-0.05, 0) is 18.2 Å². The van der Waals surface area contributed by atoms with Gasteiger partial charge in [-0.25, -0.2) is 8.78 Å². The molecule has 4 nitrogen and oxygen atoms in total. The number of carboxylic acids is 1. The number of thioether (sulfide) groups is 1. The molecule has 1 saturated heterocycles.